The van der Waals surface area contributed by atoms with E-state index in [-0.39, 0.29) is 24.4 Å². The standard InChI is InChI=1S/C22H21F3N2O3/c23-22(24,25)16-8-9-26-19(12-16)20(28)15-10-17-6-7-18(11-15)27(17)21(29)30-13-14-4-2-1-3-5-14/h1-5,8-9,12,15,17-18H,6-7,10-11,13H2. The average Bonchev–Trinajstić information content (AvgIpc) is 3.01. The number of ketones is 1. The van der Waals surface area contributed by atoms with Gasteiger partial charge in [-0.25, -0.2) is 4.79 Å². The minimum absolute atomic E-state index is 0.147. The number of fused-ring (bicyclic) bond motifs is 2. The van der Waals surface area contributed by atoms with Gasteiger partial charge in [0.05, 0.1) is 5.56 Å². The maximum Gasteiger partial charge on any atom is 0.416 e. The van der Waals surface area contributed by atoms with E-state index in [1.54, 1.807) is 4.90 Å². The van der Waals surface area contributed by atoms with Crippen LogP contribution in [0.5, 0.6) is 0 Å². The van der Waals surface area contributed by atoms with Crippen LogP contribution in [0.1, 0.15) is 47.3 Å². The van der Waals surface area contributed by atoms with Crippen LogP contribution in [0.25, 0.3) is 0 Å². The lowest BCUT2D eigenvalue weighted by Gasteiger charge is -2.37. The molecule has 2 aromatic rings. The number of nitrogens with zero attached hydrogens (tertiary/aromatic N) is 2. The minimum atomic E-state index is -4.52. The number of hydrogen-bond donors (Lipinski definition) is 0. The van der Waals surface area contributed by atoms with Gasteiger partial charge in [0, 0.05) is 24.2 Å². The molecule has 1 aromatic carbocycles. The molecular formula is C22H21F3N2O3. The first-order valence-electron chi connectivity index (χ1n) is 9.89. The van der Waals surface area contributed by atoms with Crippen LogP contribution in [0, 0.1) is 5.92 Å². The second-order valence-corrected chi connectivity index (χ2v) is 7.79. The maximum absolute atomic E-state index is 12.9. The topological polar surface area (TPSA) is 59.5 Å². The van der Waals surface area contributed by atoms with Crippen molar-refractivity contribution in [3.8, 4) is 0 Å². The number of hydrogen-bond acceptors (Lipinski definition) is 4. The molecule has 2 fully saturated rings. The van der Waals surface area contributed by atoms with Crippen molar-refractivity contribution < 1.29 is 27.5 Å². The quantitative estimate of drug-likeness (QED) is 0.665. The highest BCUT2D eigenvalue weighted by atomic mass is 19.4. The summed E-state index contributed by atoms with van der Waals surface area (Å²) in [7, 11) is 0. The van der Waals surface area contributed by atoms with Gasteiger partial charge >= 0.3 is 12.3 Å². The molecule has 1 aromatic heterocycles. The van der Waals surface area contributed by atoms with E-state index in [0.717, 1.165) is 36.7 Å². The molecule has 0 N–H and O–H groups in total. The molecule has 8 heteroatoms. The van der Waals surface area contributed by atoms with E-state index in [2.05, 4.69) is 4.98 Å². The van der Waals surface area contributed by atoms with E-state index in [9.17, 15) is 22.8 Å². The second-order valence-electron chi connectivity index (χ2n) is 7.79. The highest BCUT2D eigenvalue weighted by Gasteiger charge is 2.46. The van der Waals surface area contributed by atoms with E-state index >= 15 is 0 Å². The molecule has 0 spiro atoms. The molecule has 2 aliphatic rings. The van der Waals surface area contributed by atoms with Crippen molar-refractivity contribution >= 4 is 11.9 Å². The Labute approximate surface area is 171 Å². The number of aromatic nitrogens is 1. The first-order valence-corrected chi connectivity index (χ1v) is 9.89. The van der Waals surface area contributed by atoms with Gasteiger partial charge in [0.15, 0.2) is 5.78 Å². The van der Waals surface area contributed by atoms with E-state index in [0.29, 0.717) is 12.8 Å². The summed E-state index contributed by atoms with van der Waals surface area (Å²) in [6, 6.07) is 10.7. The molecule has 2 atom stereocenters. The van der Waals surface area contributed by atoms with Gasteiger partial charge < -0.3 is 9.64 Å². The zero-order valence-corrected chi connectivity index (χ0v) is 16.1. The third-order valence-corrected chi connectivity index (χ3v) is 5.86. The molecule has 30 heavy (non-hydrogen) atoms. The van der Waals surface area contributed by atoms with Gasteiger partial charge in [-0.05, 0) is 43.4 Å². The number of rotatable bonds is 4. The number of alkyl halides is 3. The van der Waals surface area contributed by atoms with Crippen molar-refractivity contribution in [1.82, 2.24) is 9.88 Å². The summed E-state index contributed by atoms with van der Waals surface area (Å²) in [5.74, 6) is -0.841. The van der Waals surface area contributed by atoms with Crippen LogP contribution in [0.15, 0.2) is 48.7 Å². The molecule has 4 rings (SSSR count). The molecule has 2 aliphatic heterocycles. The third-order valence-electron chi connectivity index (χ3n) is 5.86. The van der Waals surface area contributed by atoms with Crippen molar-refractivity contribution in [3.63, 3.8) is 0 Å². The normalized spacial score (nSPS) is 23.3. The fourth-order valence-corrected chi connectivity index (χ4v) is 4.43. The molecule has 5 nitrogen and oxygen atoms in total. The zero-order valence-electron chi connectivity index (χ0n) is 16.1. The molecule has 158 valence electrons. The Morgan fingerprint density at radius 2 is 1.73 bits per heavy atom. The van der Waals surface area contributed by atoms with Crippen LogP contribution in [-0.4, -0.2) is 33.8 Å². The first kappa shape index (κ1) is 20.4. The van der Waals surface area contributed by atoms with Crippen LogP contribution in [-0.2, 0) is 17.5 Å². The van der Waals surface area contributed by atoms with Gasteiger partial charge in [-0.3, -0.25) is 9.78 Å². The summed E-state index contributed by atoms with van der Waals surface area (Å²) >= 11 is 0. The number of carbonyl (C=O) groups excluding carboxylic acids is 2. The lowest BCUT2D eigenvalue weighted by molar-refractivity contribution is -0.137. The Hall–Kier alpha value is -2.90. The molecule has 2 saturated heterocycles. The Bertz CT molecular complexity index is 919. The van der Waals surface area contributed by atoms with Crippen LogP contribution in [0.3, 0.4) is 0 Å². The van der Waals surface area contributed by atoms with Crippen molar-refractivity contribution in [2.75, 3.05) is 0 Å². The Morgan fingerprint density at radius 3 is 2.37 bits per heavy atom. The molecular weight excluding hydrogens is 397 g/mol. The van der Waals surface area contributed by atoms with Gasteiger partial charge in [-0.15, -0.1) is 0 Å². The van der Waals surface area contributed by atoms with Crippen molar-refractivity contribution in [3.05, 3.63) is 65.5 Å². The Kier molecular flexibility index (Phi) is 5.49. The Balaban J connectivity index is 1.41. The van der Waals surface area contributed by atoms with Gasteiger partial charge in [0.25, 0.3) is 0 Å². The minimum Gasteiger partial charge on any atom is -0.445 e. The molecule has 0 aliphatic carbocycles. The first-order chi connectivity index (χ1) is 14.3. The number of piperidine rings is 1. The average molecular weight is 418 g/mol. The summed E-state index contributed by atoms with van der Waals surface area (Å²) in [5.41, 5.74) is -0.168. The van der Waals surface area contributed by atoms with E-state index in [1.807, 2.05) is 30.3 Å². The largest absolute Gasteiger partial charge is 0.445 e. The van der Waals surface area contributed by atoms with Crippen molar-refractivity contribution in [2.24, 2.45) is 5.92 Å². The van der Waals surface area contributed by atoms with Crippen molar-refractivity contribution in [2.45, 2.75) is 50.6 Å². The zero-order chi connectivity index (χ0) is 21.3. The lowest BCUT2D eigenvalue weighted by Crippen LogP contribution is -2.48. The third kappa shape index (κ3) is 4.17. The van der Waals surface area contributed by atoms with Crippen LogP contribution in [0.4, 0.5) is 18.0 Å². The monoisotopic (exact) mass is 418 g/mol. The van der Waals surface area contributed by atoms with E-state index in [1.165, 1.54) is 0 Å². The molecule has 0 radical (unpaired) electrons. The summed E-state index contributed by atoms with van der Waals surface area (Å²) in [6.45, 7) is 0.173. The maximum atomic E-state index is 12.9. The van der Waals surface area contributed by atoms with Crippen LogP contribution < -0.4 is 0 Å². The number of Topliss-reactive ketones (excluding diaryl/α,β-unsaturated/α-hetero) is 1. The predicted octanol–water partition coefficient (Wildman–Crippen LogP) is 4.86. The van der Waals surface area contributed by atoms with E-state index < -0.39 is 29.5 Å². The number of carbonyl (C=O) groups is 2. The number of benzene rings is 1. The Morgan fingerprint density at radius 1 is 1.07 bits per heavy atom. The van der Waals surface area contributed by atoms with Gasteiger partial charge in [0.2, 0.25) is 0 Å². The van der Waals surface area contributed by atoms with Gasteiger partial charge in [-0.1, -0.05) is 30.3 Å². The number of halogens is 3. The molecule has 3 heterocycles. The second kappa shape index (κ2) is 8.08. The van der Waals surface area contributed by atoms with Crippen LogP contribution in [0.2, 0.25) is 0 Å². The van der Waals surface area contributed by atoms with Gasteiger partial charge in [-0.2, -0.15) is 13.2 Å². The number of amides is 1. The smallest absolute Gasteiger partial charge is 0.416 e. The van der Waals surface area contributed by atoms with Gasteiger partial charge in [0.1, 0.15) is 12.3 Å². The number of pyridine rings is 1. The highest BCUT2D eigenvalue weighted by molar-refractivity contribution is 5.96. The highest BCUT2D eigenvalue weighted by Crippen LogP contribution is 2.40. The summed E-state index contributed by atoms with van der Waals surface area (Å²) < 4.78 is 44.3. The molecule has 1 amide bonds. The lowest BCUT2D eigenvalue weighted by atomic mass is 9.86. The summed E-state index contributed by atoms with van der Waals surface area (Å²) in [5, 5.41) is 0. The number of ether oxygens (including phenoxy) is 1. The molecule has 0 saturated carbocycles. The fourth-order valence-electron chi connectivity index (χ4n) is 4.43. The SMILES string of the molecule is O=C(c1cc(C(F)(F)F)ccn1)C1CC2CCC(C1)N2C(=O)OCc1ccccc1. The van der Waals surface area contributed by atoms with E-state index in [4.69, 9.17) is 4.74 Å². The van der Waals surface area contributed by atoms with Crippen molar-refractivity contribution in [1.29, 1.82) is 0 Å². The summed E-state index contributed by atoms with van der Waals surface area (Å²) in [6.07, 6.45) is -1.59. The molecule has 2 bridgehead atoms. The van der Waals surface area contributed by atoms with Crippen LogP contribution >= 0.6 is 0 Å². The predicted molar refractivity (Wildman–Crippen MR) is 102 cm³/mol. The fraction of sp³-hybridized carbons (Fsp3) is 0.409. The molecule has 2 unspecified atom stereocenters. The summed E-state index contributed by atoms with van der Waals surface area (Å²) in [4.78, 5) is 31.0.